The highest BCUT2D eigenvalue weighted by atomic mass is 32.1. The molecule has 6 heteroatoms. The van der Waals surface area contributed by atoms with Crippen LogP contribution in [0.1, 0.15) is 11.4 Å². The van der Waals surface area contributed by atoms with E-state index < -0.39 is 0 Å². The number of aromatic nitrogens is 5. The maximum absolute atomic E-state index is 5.34. The summed E-state index contributed by atoms with van der Waals surface area (Å²) in [6, 6.07) is 48.2. The molecule has 0 amide bonds. The van der Waals surface area contributed by atoms with Gasteiger partial charge in [0.1, 0.15) is 11.3 Å². The van der Waals surface area contributed by atoms with Gasteiger partial charge in [0, 0.05) is 12.1 Å². The van der Waals surface area contributed by atoms with Crippen LogP contribution in [0.15, 0.2) is 139 Å². The van der Waals surface area contributed by atoms with Gasteiger partial charge in [-0.2, -0.15) is 4.37 Å². The minimum Gasteiger partial charge on any atom is -0.278 e. The molecule has 0 atom stereocenters. The van der Waals surface area contributed by atoms with Gasteiger partial charge < -0.3 is 0 Å². The van der Waals surface area contributed by atoms with E-state index in [1.54, 1.807) is 5.51 Å². The summed E-state index contributed by atoms with van der Waals surface area (Å²) in [6.45, 7) is 0. The highest BCUT2D eigenvalue weighted by Gasteiger charge is 2.24. The number of fused-ring (bicyclic) bond motifs is 13. The van der Waals surface area contributed by atoms with E-state index in [9.17, 15) is 0 Å². The molecule has 0 radical (unpaired) electrons. The summed E-state index contributed by atoms with van der Waals surface area (Å²) in [5.41, 5.74) is 18.2. The first-order valence-electron chi connectivity index (χ1n) is 15.4. The van der Waals surface area contributed by atoms with Gasteiger partial charge in [-0.15, -0.1) is 0 Å². The molecule has 0 N–H and O–H groups in total. The van der Waals surface area contributed by atoms with Crippen molar-refractivity contribution < 1.29 is 0 Å². The smallest absolute Gasteiger partial charge is 0.220 e. The molecule has 0 aliphatic heterocycles. The van der Waals surface area contributed by atoms with Crippen LogP contribution in [0, 0.1) is 0 Å². The third-order valence-electron chi connectivity index (χ3n) is 9.27. The first-order chi connectivity index (χ1) is 22.8. The molecule has 0 saturated carbocycles. The Morgan fingerprint density at radius 1 is 0.522 bits per heavy atom. The number of hydrogen-bond donors (Lipinski definition) is 0. The molecule has 0 spiro atoms. The number of benzene rings is 6. The first kappa shape index (κ1) is 25.5. The highest BCUT2D eigenvalue weighted by Crippen LogP contribution is 2.48. The molecule has 3 heterocycles. The summed E-state index contributed by atoms with van der Waals surface area (Å²) in [6.07, 6.45) is 0.648. The summed E-state index contributed by atoms with van der Waals surface area (Å²) in [4.78, 5) is 9.79. The van der Waals surface area contributed by atoms with Crippen LogP contribution in [-0.4, -0.2) is 23.3 Å². The van der Waals surface area contributed by atoms with Crippen LogP contribution in [0.25, 0.3) is 78.0 Å². The Bertz CT molecular complexity index is 2620. The van der Waals surface area contributed by atoms with Gasteiger partial charge >= 0.3 is 0 Å². The maximum Gasteiger partial charge on any atom is 0.220 e. The molecule has 1 aliphatic carbocycles. The highest BCUT2D eigenvalue weighted by molar-refractivity contribution is 7.03. The monoisotopic (exact) mass is 607 g/mol. The fourth-order valence-electron chi connectivity index (χ4n) is 7.31. The normalized spacial score (nSPS) is 12.0. The van der Waals surface area contributed by atoms with Crippen LogP contribution in [0.3, 0.4) is 0 Å². The third-order valence-corrected chi connectivity index (χ3v) is 9.79. The van der Waals surface area contributed by atoms with Gasteiger partial charge in [0.05, 0.1) is 22.1 Å². The Balaban J connectivity index is 1.27. The van der Waals surface area contributed by atoms with Crippen LogP contribution < -0.4 is 0 Å². The summed E-state index contributed by atoms with van der Waals surface area (Å²) >= 11 is 1.38. The standard InChI is InChI=1S/C40H25N5S/c1-2-12-28-27(11-1)29-13-3-4-15-31(29)33-21-20-26(23-34(33)32-16-6-5-14-30(28)32)44-35-17-7-8-18-36(35)45-37-19-9-10-25(39(37)42-40(44)45)22-38-41-24-46-43-38/h1-21,23-24H,22H2. The maximum atomic E-state index is 5.34. The van der Waals surface area contributed by atoms with Crippen molar-refractivity contribution >= 4 is 39.4 Å². The molecule has 0 bridgehead atoms. The van der Waals surface area contributed by atoms with Crippen LogP contribution >= 0.6 is 11.5 Å². The summed E-state index contributed by atoms with van der Waals surface area (Å²) in [7, 11) is 0. The summed E-state index contributed by atoms with van der Waals surface area (Å²) in [5.74, 6) is 1.71. The van der Waals surface area contributed by atoms with Gasteiger partial charge in [0.15, 0.2) is 0 Å². The van der Waals surface area contributed by atoms with Crippen molar-refractivity contribution in [1.82, 2.24) is 23.3 Å². The summed E-state index contributed by atoms with van der Waals surface area (Å²) < 4.78 is 9.07. The van der Waals surface area contributed by atoms with E-state index in [2.05, 4.69) is 152 Å². The first-order valence-corrected chi connectivity index (χ1v) is 16.2. The Hall–Kier alpha value is -5.85. The van der Waals surface area contributed by atoms with E-state index >= 15 is 0 Å². The Morgan fingerprint density at radius 2 is 1.09 bits per heavy atom. The lowest BCUT2D eigenvalue weighted by atomic mass is 9.81. The molecule has 6 aromatic carbocycles. The zero-order valence-corrected chi connectivity index (χ0v) is 25.4. The molecular weight excluding hydrogens is 583 g/mol. The molecule has 10 rings (SSSR count). The van der Waals surface area contributed by atoms with Crippen LogP contribution in [0.4, 0.5) is 0 Å². The predicted octanol–water partition coefficient (Wildman–Crippen LogP) is 9.86. The van der Waals surface area contributed by atoms with E-state index in [4.69, 9.17) is 4.98 Å². The molecule has 5 nitrogen and oxygen atoms in total. The SMILES string of the molecule is c1ccc2c(c1)-c1ccccc1-c1ccc(-n3c4ccccc4n4c5cccc(Cc6ncsn6)c5nc34)cc1-c1ccccc1-2. The Labute approximate surface area is 268 Å². The van der Waals surface area contributed by atoms with Crippen LogP contribution in [0.5, 0.6) is 0 Å². The molecule has 1 aliphatic rings. The zero-order valence-electron chi connectivity index (χ0n) is 24.6. The van der Waals surface area contributed by atoms with Crippen molar-refractivity contribution in [2.75, 3.05) is 0 Å². The van der Waals surface area contributed by atoms with Gasteiger partial charge in [0.2, 0.25) is 5.78 Å². The van der Waals surface area contributed by atoms with Crippen molar-refractivity contribution in [3.05, 3.63) is 150 Å². The minimum absolute atomic E-state index is 0.648. The predicted molar refractivity (Wildman–Crippen MR) is 188 cm³/mol. The second kappa shape index (κ2) is 9.83. The molecule has 0 saturated heterocycles. The van der Waals surface area contributed by atoms with E-state index in [-0.39, 0.29) is 0 Å². The van der Waals surface area contributed by atoms with Gasteiger partial charge in [-0.3, -0.25) is 8.97 Å². The van der Waals surface area contributed by atoms with E-state index in [1.165, 1.54) is 56.0 Å². The molecule has 3 aromatic heterocycles. The fraction of sp³-hybridized carbons (Fsp3) is 0.0250. The van der Waals surface area contributed by atoms with E-state index in [0.717, 1.165) is 44.9 Å². The topological polar surface area (TPSA) is 48.0 Å². The molecule has 46 heavy (non-hydrogen) atoms. The number of nitrogens with zero attached hydrogens (tertiary/aromatic N) is 5. The van der Waals surface area contributed by atoms with Crippen LogP contribution in [-0.2, 0) is 6.42 Å². The van der Waals surface area contributed by atoms with Gasteiger partial charge in [-0.1, -0.05) is 103 Å². The second-order valence-corrected chi connectivity index (χ2v) is 12.4. The lowest BCUT2D eigenvalue weighted by molar-refractivity contribution is 1.04. The van der Waals surface area contributed by atoms with Crippen molar-refractivity contribution in [1.29, 1.82) is 0 Å². The Kier molecular flexibility index (Phi) is 5.44. The lowest BCUT2D eigenvalue weighted by Crippen LogP contribution is -2.00. The number of imidazole rings is 2. The Morgan fingerprint density at radius 3 is 1.72 bits per heavy atom. The molecule has 216 valence electrons. The van der Waals surface area contributed by atoms with E-state index in [1.807, 2.05) is 0 Å². The third kappa shape index (κ3) is 3.65. The molecule has 9 aromatic rings. The van der Waals surface area contributed by atoms with E-state index in [0.29, 0.717) is 6.42 Å². The molecule has 0 unspecified atom stereocenters. The van der Waals surface area contributed by atoms with Crippen molar-refractivity contribution in [2.24, 2.45) is 0 Å². The average molecular weight is 608 g/mol. The average Bonchev–Trinajstić information content (AvgIpc) is 3.84. The van der Waals surface area contributed by atoms with Gasteiger partial charge in [-0.25, -0.2) is 9.97 Å². The quantitative estimate of drug-likeness (QED) is 0.201. The molecule has 0 fully saturated rings. The van der Waals surface area contributed by atoms with Crippen LogP contribution in [0.2, 0.25) is 0 Å². The number of rotatable bonds is 3. The largest absolute Gasteiger partial charge is 0.278 e. The van der Waals surface area contributed by atoms with Gasteiger partial charge in [-0.05, 0) is 91.9 Å². The molecular formula is C40H25N5S. The van der Waals surface area contributed by atoms with Crippen molar-refractivity contribution in [3.63, 3.8) is 0 Å². The lowest BCUT2D eigenvalue weighted by Gasteiger charge is -2.23. The number of para-hydroxylation sites is 3. The summed E-state index contributed by atoms with van der Waals surface area (Å²) in [5, 5.41) is 0. The zero-order chi connectivity index (χ0) is 30.2. The van der Waals surface area contributed by atoms with Crippen molar-refractivity contribution in [3.8, 4) is 50.2 Å². The van der Waals surface area contributed by atoms with Gasteiger partial charge in [0.25, 0.3) is 0 Å². The number of hydrogen-bond acceptors (Lipinski definition) is 4. The minimum atomic E-state index is 0.648. The fourth-order valence-corrected chi connectivity index (χ4v) is 7.76. The second-order valence-electron chi connectivity index (χ2n) is 11.7. The van der Waals surface area contributed by atoms with Crippen molar-refractivity contribution in [2.45, 2.75) is 6.42 Å².